The molecule has 4 rings (SSSR count). The van der Waals surface area contributed by atoms with Gasteiger partial charge in [0, 0.05) is 16.3 Å². The van der Waals surface area contributed by atoms with Crippen LogP contribution in [-0.2, 0) is 6.54 Å². The highest BCUT2D eigenvalue weighted by atomic mass is 35.5. The van der Waals surface area contributed by atoms with Crippen molar-refractivity contribution >= 4 is 34.6 Å². The summed E-state index contributed by atoms with van der Waals surface area (Å²) in [6.07, 6.45) is 5.15. The Balaban J connectivity index is 1.26. The van der Waals surface area contributed by atoms with E-state index in [1.54, 1.807) is 12.1 Å². The molecule has 0 bridgehead atoms. The fourth-order valence-corrected chi connectivity index (χ4v) is 3.51. The summed E-state index contributed by atoms with van der Waals surface area (Å²) in [6, 6.07) is 15.1. The van der Waals surface area contributed by atoms with E-state index in [-0.39, 0.29) is 0 Å². The second-order valence-corrected chi connectivity index (χ2v) is 7.72. The van der Waals surface area contributed by atoms with Crippen LogP contribution < -0.4 is 15.4 Å². The minimum absolute atomic E-state index is 0.329. The number of thiocarbonyl (C=S) groups is 1. The summed E-state index contributed by atoms with van der Waals surface area (Å²) < 4.78 is 11.2. The zero-order valence-electron chi connectivity index (χ0n) is 15.7. The van der Waals surface area contributed by atoms with Crippen molar-refractivity contribution in [1.82, 2.24) is 15.5 Å². The van der Waals surface area contributed by atoms with Gasteiger partial charge in [0.15, 0.2) is 5.11 Å². The minimum atomic E-state index is 0.329. The van der Waals surface area contributed by atoms with Crippen LogP contribution in [-0.4, -0.2) is 21.4 Å². The first kappa shape index (κ1) is 19.7. The molecule has 0 atom stereocenters. The average Bonchev–Trinajstić information content (AvgIpc) is 3.41. The highest BCUT2D eigenvalue weighted by molar-refractivity contribution is 7.80. The molecule has 0 amide bonds. The zero-order valence-corrected chi connectivity index (χ0v) is 17.3. The van der Waals surface area contributed by atoms with Crippen LogP contribution in [0, 0.1) is 0 Å². The molecule has 6 nitrogen and oxygen atoms in total. The van der Waals surface area contributed by atoms with Crippen LogP contribution in [0.5, 0.6) is 5.75 Å². The Hall–Kier alpha value is -2.64. The molecule has 1 aliphatic carbocycles. The maximum Gasteiger partial charge on any atom is 0.246 e. The van der Waals surface area contributed by atoms with E-state index in [2.05, 4.69) is 20.8 Å². The molecule has 1 aliphatic rings. The summed E-state index contributed by atoms with van der Waals surface area (Å²) in [4.78, 5) is 4.36. The number of anilines is 1. The first-order chi connectivity index (χ1) is 14.2. The molecular weight excluding hydrogens is 408 g/mol. The van der Waals surface area contributed by atoms with Crippen molar-refractivity contribution in [2.75, 3.05) is 5.32 Å². The van der Waals surface area contributed by atoms with E-state index in [0.29, 0.717) is 34.5 Å². The number of hydrogen-bond acceptors (Lipinski definition) is 5. The summed E-state index contributed by atoms with van der Waals surface area (Å²) in [5, 5.41) is 11.3. The number of ether oxygens (including phenoxy) is 1. The lowest BCUT2D eigenvalue weighted by molar-refractivity contribution is 0.210. The van der Waals surface area contributed by atoms with E-state index in [4.69, 9.17) is 33.1 Å². The van der Waals surface area contributed by atoms with Crippen molar-refractivity contribution in [1.29, 1.82) is 0 Å². The van der Waals surface area contributed by atoms with Gasteiger partial charge in [-0.05, 0) is 86.4 Å². The fraction of sp³-hybridized carbons (Fsp3) is 0.286. The molecule has 0 spiro atoms. The number of nitrogens with one attached hydrogen (secondary N) is 2. The Kier molecular flexibility index (Phi) is 6.27. The summed E-state index contributed by atoms with van der Waals surface area (Å²) in [7, 11) is 0. The summed E-state index contributed by atoms with van der Waals surface area (Å²) in [5.74, 6) is 1.84. The minimum Gasteiger partial charge on any atom is -0.490 e. The van der Waals surface area contributed by atoms with E-state index in [0.717, 1.165) is 29.8 Å². The molecule has 1 saturated carbocycles. The van der Waals surface area contributed by atoms with E-state index < -0.39 is 0 Å². The van der Waals surface area contributed by atoms with Gasteiger partial charge in [-0.2, -0.15) is 4.98 Å². The van der Waals surface area contributed by atoms with Crippen LogP contribution in [0.3, 0.4) is 0 Å². The fourth-order valence-electron chi connectivity index (χ4n) is 3.19. The molecule has 2 aromatic carbocycles. The quantitative estimate of drug-likeness (QED) is 0.523. The van der Waals surface area contributed by atoms with E-state index in [1.807, 2.05) is 36.4 Å². The first-order valence-corrected chi connectivity index (χ1v) is 10.3. The largest absolute Gasteiger partial charge is 0.490 e. The Bertz CT molecular complexity index is 954. The Morgan fingerprint density at radius 3 is 2.55 bits per heavy atom. The van der Waals surface area contributed by atoms with Gasteiger partial charge < -0.3 is 19.9 Å². The van der Waals surface area contributed by atoms with Crippen molar-refractivity contribution in [2.45, 2.75) is 38.3 Å². The van der Waals surface area contributed by atoms with Crippen molar-refractivity contribution < 1.29 is 9.26 Å². The van der Waals surface area contributed by atoms with Crippen LogP contribution in [0.15, 0.2) is 53.1 Å². The normalized spacial score (nSPS) is 14.0. The molecule has 8 heteroatoms. The topological polar surface area (TPSA) is 72.2 Å². The molecule has 0 unspecified atom stereocenters. The number of benzene rings is 2. The first-order valence-electron chi connectivity index (χ1n) is 9.56. The molecule has 0 saturated heterocycles. The van der Waals surface area contributed by atoms with Gasteiger partial charge in [0.1, 0.15) is 5.75 Å². The van der Waals surface area contributed by atoms with Gasteiger partial charge >= 0.3 is 0 Å². The lowest BCUT2D eigenvalue weighted by Crippen LogP contribution is -2.28. The van der Waals surface area contributed by atoms with Gasteiger partial charge in [0.2, 0.25) is 11.7 Å². The number of halogens is 1. The van der Waals surface area contributed by atoms with Gasteiger partial charge in [0.05, 0.1) is 12.6 Å². The lowest BCUT2D eigenvalue weighted by atomic mass is 10.2. The van der Waals surface area contributed by atoms with E-state index in [1.165, 1.54) is 12.8 Å². The van der Waals surface area contributed by atoms with Gasteiger partial charge in [0.25, 0.3) is 0 Å². The molecule has 3 aromatic rings. The van der Waals surface area contributed by atoms with Crippen LogP contribution in [0.1, 0.15) is 31.6 Å². The maximum absolute atomic E-state index is 5.97. The SMILES string of the molecule is S=C(NCc1nc(-c2ccc(Cl)cc2)no1)Nc1ccc(OC2CCCC2)cc1. The van der Waals surface area contributed by atoms with Gasteiger partial charge in [-0.1, -0.05) is 16.8 Å². The van der Waals surface area contributed by atoms with Crippen molar-refractivity contribution in [2.24, 2.45) is 0 Å². The molecule has 2 N–H and O–H groups in total. The van der Waals surface area contributed by atoms with Crippen LogP contribution in [0.4, 0.5) is 5.69 Å². The monoisotopic (exact) mass is 428 g/mol. The third-order valence-corrected chi connectivity index (χ3v) is 5.19. The predicted molar refractivity (Wildman–Crippen MR) is 117 cm³/mol. The Labute approximate surface area is 179 Å². The lowest BCUT2D eigenvalue weighted by Gasteiger charge is -2.14. The number of aromatic nitrogens is 2. The maximum atomic E-state index is 5.97. The summed E-state index contributed by atoms with van der Waals surface area (Å²) in [6.45, 7) is 0.329. The molecule has 1 heterocycles. The molecule has 1 aromatic heterocycles. The average molecular weight is 429 g/mol. The van der Waals surface area contributed by atoms with Crippen LogP contribution in [0.25, 0.3) is 11.4 Å². The predicted octanol–water partition coefficient (Wildman–Crippen LogP) is 5.20. The van der Waals surface area contributed by atoms with Gasteiger partial charge in [-0.3, -0.25) is 0 Å². The van der Waals surface area contributed by atoms with Crippen molar-refractivity contribution in [3.05, 3.63) is 59.4 Å². The smallest absolute Gasteiger partial charge is 0.246 e. The van der Waals surface area contributed by atoms with E-state index >= 15 is 0 Å². The molecule has 29 heavy (non-hydrogen) atoms. The molecule has 150 valence electrons. The van der Waals surface area contributed by atoms with Gasteiger partial charge in [-0.15, -0.1) is 0 Å². The van der Waals surface area contributed by atoms with Crippen molar-refractivity contribution in [3.63, 3.8) is 0 Å². The second kappa shape index (κ2) is 9.24. The highest BCUT2D eigenvalue weighted by Gasteiger charge is 2.16. The van der Waals surface area contributed by atoms with Crippen LogP contribution in [0.2, 0.25) is 5.02 Å². The number of rotatable bonds is 6. The van der Waals surface area contributed by atoms with Crippen LogP contribution >= 0.6 is 23.8 Å². The van der Waals surface area contributed by atoms with Crippen molar-refractivity contribution in [3.8, 4) is 17.1 Å². The second-order valence-electron chi connectivity index (χ2n) is 6.87. The Morgan fingerprint density at radius 1 is 1.10 bits per heavy atom. The number of hydrogen-bond donors (Lipinski definition) is 2. The number of nitrogens with zero attached hydrogens (tertiary/aromatic N) is 2. The summed E-state index contributed by atoms with van der Waals surface area (Å²) >= 11 is 11.2. The zero-order chi connectivity index (χ0) is 20.1. The molecular formula is C21H21ClN4O2S. The molecule has 0 aliphatic heterocycles. The molecule has 1 fully saturated rings. The van der Waals surface area contributed by atoms with Gasteiger partial charge in [-0.25, -0.2) is 0 Å². The van der Waals surface area contributed by atoms with E-state index in [9.17, 15) is 0 Å². The third kappa shape index (κ3) is 5.46. The molecule has 0 radical (unpaired) electrons. The standard InChI is InChI=1S/C21H21ClN4O2S/c22-15-7-5-14(6-8-15)20-25-19(28-26-20)13-23-21(29)24-16-9-11-18(12-10-16)27-17-3-1-2-4-17/h5-12,17H,1-4,13H2,(H2,23,24,29). The summed E-state index contributed by atoms with van der Waals surface area (Å²) in [5.41, 5.74) is 1.72. The third-order valence-electron chi connectivity index (χ3n) is 4.69. The highest BCUT2D eigenvalue weighted by Crippen LogP contribution is 2.25. The Morgan fingerprint density at radius 2 is 1.83 bits per heavy atom.